The SMILES string of the molecule is CCCC(C)(C)c1ccc(N(c2ccc(-c3ccc(N(c4ccc(C(C)(C)CC)cc4)c4c(C)cc(C(C)(C)C)cc4C)cc3)cc2)c2c(C)cc(C(C)(C)C)cc2C)cc1. The Hall–Kier alpha value is -5.08. The monoisotopic (exact) mass is 811 g/mol. The van der Waals surface area contributed by atoms with Gasteiger partial charge in [0.1, 0.15) is 0 Å². The molecule has 2 nitrogen and oxygen atoms in total. The van der Waals surface area contributed by atoms with E-state index in [0.29, 0.717) is 0 Å². The van der Waals surface area contributed by atoms with Crippen LogP contribution in [0.5, 0.6) is 0 Å². The fourth-order valence-electron chi connectivity index (χ4n) is 9.00. The highest BCUT2D eigenvalue weighted by atomic mass is 15.2. The molecule has 6 aromatic rings. The minimum Gasteiger partial charge on any atom is -0.310 e. The Morgan fingerprint density at radius 3 is 0.902 bits per heavy atom. The summed E-state index contributed by atoms with van der Waals surface area (Å²) in [5.74, 6) is 0. The summed E-state index contributed by atoms with van der Waals surface area (Å²) in [4.78, 5) is 4.91. The molecule has 0 aliphatic carbocycles. The molecule has 0 spiro atoms. The maximum Gasteiger partial charge on any atom is 0.0520 e. The summed E-state index contributed by atoms with van der Waals surface area (Å²) in [5.41, 5.74) is 20.6. The van der Waals surface area contributed by atoms with Crippen molar-refractivity contribution in [1.82, 2.24) is 0 Å². The topological polar surface area (TPSA) is 6.48 Å². The van der Waals surface area contributed by atoms with Crippen molar-refractivity contribution in [3.8, 4) is 11.1 Å². The zero-order valence-electron chi connectivity index (χ0n) is 40.6. The second-order valence-corrected chi connectivity index (χ2v) is 21.1. The lowest BCUT2D eigenvalue weighted by atomic mass is 9.80. The van der Waals surface area contributed by atoms with Crippen molar-refractivity contribution < 1.29 is 0 Å². The van der Waals surface area contributed by atoms with Gasteiger partial charge < -0.3 is 9.80 Å². The minimum atomic E-state index is 0.0740. The smallest absolute Gasteiger partial charge is 0.0520 e. The lowest BCUT2D eigenvalue weighted by Gasteiger charge is -2.32. The first-order chi connectivity index (χ1) is 28.6. The predicted molar refractivity (Wildman–Crippen MR) is 269 cm³/mol. The van der Waals surface area contributed by atoms with Crippen molar-refractivity contribution in [1.29, 1.82) is 0 Å². The Bertz CT molecular complexity index is 2380. The van der Waals surface area contributed by atoms with E-state index < -0.39 is 0 Å². The van der Waals surface area contributed by atoms with Crippen LogP contribution < -0.4 is 9.80 Å². The van der Waals surface area contributed by atoms with Gasteiger partial charge >= 0.3 is 0 Å². The highest BCUT2D eigenvalue weighted by Gasteiger charge is 2.26. The molecule has 0 bridgehead atoms. The zero-order valence-corrected chi connectivity index (χ0v) is 40.6. The van der Waals surface area contributed by atoms with Gasteiger partial charge in [0.2, 0.25) is 0 Å². The van der Waals surface area contributed by atoms with Crippen LogP contribution in [0.3, 0.4) is 0 Å². The molecule has 320 valence electrons. The molecule has 0 amide bonds. The lowest BCUT2D eigenvalue weighted by molar-refractivity contribution is 0.473. The van der Waals surface area contributed by atoms with Gasteiger partial charge in [0.25, 0.3) is 0 Å². The van der Waals surface area contributed by atoms with Gasteiger partial charge in [-0.25, -0.2) is 0 Å². The molecular formula is C59H74N2. The lowest BCUT2D eigenvalue weighted by Crippen LogP contribution is -2.18. The van der Waals surface area contributed by atoms with Crippen LogP contribution in [0.4, 0.5) is 34.1 Å². The minimum absolute atomic E-state index is 0.0740. The number of anilines is 6. The number of nitrogens with zero attached hydrogens (tertiary/aromatic N) is 2. The van der Waals surface area contributed by atoms with E-state index in [9.17, 15) is 0 Å². The molecule has 0 aliphatic rings. The van der Waals surface area contributed by atoms with E-state index in [4.69, 9.17) is 0 Å². The third-order valence-electron chi connectivity index (χ3n) is 13.3. The molecule has 0 unspecified atom stereocenters. The molecule has 0 aliphatic heterocycles. The Balaban J connectivity index is 1.40. The Morgan fingerprint density at radius 2 is 0.639 bits per heavy atom. The van der Waals surface area contributed by atoms with Gasteiger partial charge in [-0.3, -0.25) is 0 Å². The summed E-state index contributed by atoms with van der Waals surface area (Å²) in [6, 6.07) is 46.4. The van der Waals surface area contributed by atoms with Crippen molar-refractivity contribution in [2.24, 2.45) is 0 Å². The maximum absolute atomic E-state index is 2.46. The van der Waals surface area contributed by atoms with Gasteiger partial charge in [0, 0.05) is 22.7 Å². The highest BCUT2D eigenvalue weighted by Crippen LogP contribution is 2.44. The van der Waals surface area contributed by atoms with E-state index in [1.54, 1.807) is 0 Å². The quantitative estimate of drug-likeness (QED) is 0.121. The number of rotatable bonds is 12. The zero-order chi connectivity index (χ0) is 44.7. The van der Waals surface area contributed by atoms with Gasteiger partial charge in [0.15, 0.2) is 0 Å². The summed E-state index contributed by atoms with van der Waals surface area (Å²) in [6.07, 6.45) is 3.43. The van der Waals surface area contributed by atoms with Gasteiger partial charge in [-0.15, -0.1) is 0 Å². The first kappa shape index (κ1) is 45.4. The molecule has 0 radical (unpaired) electrons. The van der Waals surface area contributed by atoms with E-state index in [0.717, 1.165) is 24.2 Å². The van der Waals surface area contributed by atoms with Crippen LogP contribution in [-0.2, 0) is 21.7 Å². The second kappa shape index (κ2) is 17.4. The number of hydrogen-bond acceptors (Lipinski definition) is 2. The largest absolute Gasteiger partial charge is 0.310 e. The van der Waals surface area contributed by atoms with E-state index in [-0.39, 0.29) is 21.7 Å². The van der Waals surface area contributed by atoms with Gasteiger partial charge in [0.05, 0.1) is 11.4 Å². The summed E-state index contributed by atoms with van der Waals surface area (Å²) in [5, 5.41) is 0. The van der Waals surface area contributed by atoms with E-state index in [2.05, 4.69) is 242 Å². The standard InChI is InChI=1S/C59H74N2/c1-17-35-59(15,16)47-25-33-53(34-26-47)61(55-42(5)38-49(39-43(55)6)57(10,11)12)51-29-21-45(22-30-51)44-19-27-50(28-20-44)60(52-31-23-46(24-32-52)58(13,14)18-2)54-40(3)36-48(37-41(54)4)56(7,8)9/h19-34,36-39H,17-18,35H2,1-16H3. The summed E-state index contributed by atoms with van der Waals surface area (Å²) >= 11 is 0. The Morgan fingerprint density at radius 1 is 0.361 bits per heavy atom. The van der Waals surface area contributed by atoms with Crippen molar-refractivity contribution in [2.45, 2.75) is 152 Å². The summed E-state index contributed by atoms with van der Waals surface area (Å²) in [6.45, 7) is 36.8. The first-order valence-corrected chi connectivity index (χ1v) is 22.8. The first-order valence-electron chi connectivity index (χ1n) is 22.8. The van der Waals surface area contributed by atoms with Crippen LogP contribution in [0.2, 0.25) is 0 Å². The average Bonchev–Trinajstić information content (AvgIpc) is 3.20. The van der Waals surface area contributed by atoms with Crippen molar-refractivity contribution in [3.05, 3.63) is 166 Å². The molecular weight excluding hydrogens is 737 g/mol. The molecule has 0 N–H and O–H groups in total. The highest BCUT2D eigenvalue weighted by molar-refractivity contribution is 5.84. The number of hydrogen-bond donors (Lipinski definition) is 0. The van der Waals surface area contributed by atoms with Crippen LogP contribution >= 0.6 is 0 Å². The van der Waals surface area contributed by atoms with Crippen molar-refractivity contribution >= 4 is 34.1 Å². The molecule has 0 saturated carbocycles. The van der Waals surface area contributed by atoms with E-state index in [1.165, 1.54) is 84.8 Å². The average molecular weight is 811 g/mol. The van der Waals surface area contributed by atoms with E-state index >= 15 is 0 Å². The Labute approximate surface area is 371 Å². The predicted octanol–water partition coefficient (Wildman–Crippen LogP) is 17.9. The third kappa shape index (κ3) is 9.70. The van der Waals surface area contributed by atoms with E-state index in [1.807, 2.05) is 0 Å². The molecule has 61 heavy (non-hydrogen) atoms. The van der Waals surface area contributed by atoms with Gasteiger partial charge in [-0.05, 0) is 166 Å². The fourth-order valence-corrected chi connectivity index (χ4v) is 9.00. The molecule has 0 fully saturated rings. The number of benzene rings is 6. The summed E-state index contributed by atoms with van der Waals surface area (Å²) < 4.78 is 0. The number of aryl methyl sites for hydroxylation is 4. The van der Waals surface area contributed by atoms with Crippen LogP contribution in [0.15, 0.2) is 121 Å². The van der Waals surface area contributed by atoms with Crippen LogP contribution in [0.1, 0.15) is 147 Å². The van der Waals surface area contributed by atoms with Crippen LogP contribution in [-0.4, -0.2) is 0 Å². The third-order valence-corrected chi connectivity index (χ3v) is 13.3. The van der Waals surface area contributed by atoms with Crippen LogP contribution in [0, 0.1) is 27.7 Å². The fraction of sp³-hybridized carbons (Fsp3) is 0.390. The van der Waals surface area contributed by atoms with Crippen LogP contribution in [0.25, 0.3) is 11.1 Å². The molecule has 2 heteroatoms. The molecule has 0 heterocycles. The maximum atomic E-state index is 2.46. The summed E-state index contributed by atoms with van der Waals surface area (Å²) in [7, 11) is 0. The molecule has 6 aromatic carbocycles. The molecule has 0 atom stereocenters. The van der Waals surface area contributed by atoms with Gasteiger partial charge in [-0.1, -0.05) is 162 Å². The van der Waals surface area contributed by atoms with Gasteiger partial charge in [-0.2, -0.15) is 0 Å². The van der Waals surface area contributed by atoms with Crippen molar-refractivity contribution in [3.63, 3.8) is 0 Å². The Kier molecular flexibility index (Phi) is 12.9. The molecule has 6 rings (SSSR count). The molecule has 0 saturated heterocycles. The second-order valence-electron chi connectivity index (χ2n) is 21.1. The van der Waals surface area contributed by atoms with Crippen molar-refractivity contribution in [2.75, 3.05) is 9.80 Å². The normalized spacial score (nSPS) is 12.5. The molecule has 0 aromatic heterocycles.